The first-order valence-electron chi connectivity index (χ1n) is 7.10. The van der Waals surface area contributed by atoms with Crippen LogP contribution >= 0.6 is 11.6 Å². The Morgan fingerprint density at radius 2 is 2.00 bits per heavy atom. The van der Waals surface area contributed by atoms with E-state index in [0.717, 1.165) is 5.69 Å². The average Bonchev–Trinajstić information content (AvgIpc) is 3.33. The van der Waals surface area contributed by atoms with E-state index in [2.05, 4.69) is 15.6 Å². The van der Waals surface area contributed by atoms with Crippen molar-refractivity contribution >= 4 is 29.0 Å². The normalized spacial score (nSPS) is 13.5. The number of hydrogen-bond acceptors (Lipinski definition) is 4. The SMILES string of the molecule is O=C(COc1ccc(Cl)cc1)Nc1ccc(NC2CC2)cn1. The van der Waals surface area contributed by atoms with Crippen LogP contribution in [0.1, 0.15) is 12.8 Å². The van der Waals surface area contributed by atoms with Gasteiger partial charge in [-0.3, -0.25) is 4.79 Å². The van der Waals surface area contributed by atoms with Crippen LogP contribution in [0.25, 0.3) is 0 Å². The van der Waals surface area contributed by atoms with Crippen molar-refractivity contribution in [3.05, 3.63) is 47.6 Å². The van der Waals surface area contributed by atoms with Gasteiger partial charge in [0.25, 0.3) is 5.91 Å². The average molecular weight is 318 g/mol. The molecule has 1 amide bonds. The molecule has 0 bridgehead atoms. The Morgan fingerprint density at radius 3 is 2.64 bits per heavy atom. The van der Waals surface area contributed by atoms with E-state index in [1.165, 1.54) is 12.8 Å². The summed E-state index contributed by atoms with van der Waals surface area (Å²) in [6.07, 6.45) is 4.13. The van der Waals surface area contributed by atoms with Crippen LogP contribution in [0.5, 0.6) is 5.75 Å². The van der Waals surface area contributed by atoms with Gasteiger partial charge in [0.2, 0.25) is 0 Å². The van der Waals surface area contributed by atoms with Crippen molar-refractivity contribution < 1.29 is 9.53 Å². The minimum Gasteiger partial charge on any atom is -0.484 e. The molecule has 0 unspecified atom stereocenters. The lowest BCUT2D eigenvalue weighted by atomic mass is 10.3. The molecule has 6 heteroatoms. The highest BCUT2D eigenvalue weighted by molar-refractivity contribution is 6.30. The topological polar surface area (TPSA) is 63.2 Å². The van der Waals surface area contributed by atoms with Gasteiger partial charge in [0.1, 0.15) is 11.6 Å². The van der Waals surface area contributed by atoms with E-state index < -0.39 is 0 Å². The molecule has 1 aromatic carbocycles. The fourth-order valence-electron chi connectivity index (χ4n) is 1.88. The number of ether oxygens (including phenoxy) is 1. The lowest BCUT2D eigenvalue weighted by Gasteiger charge is -2.08. The standard InChI is InChI=1S/C16H16ClN3O2/c17-11-1-6-14(7-2-11)22-10-16(21)20-15-8-5-13(9-18-15)19-12-3-4-12/h1-2,5-9,12,19H,3-4,10H2,(H,18,20,21). The van der Waals surface area contributed by atoms with Gasteiger partial charge in [0.15, 0.2) is 6.61 Å². The number of amides is 1. The summed E-state index contributed by atoms with van der Waals surface area (Å²) in [5.41, 5.74) is 0.970. The van der Waals surface area contributed by atoms with E-state index in [4.69, 9.17) is 16.3 Å². The maximum absolute atomic E-state index is 11.8. The third kappa shape index (κ3) is 4.36. The Hall–Kier alpha value is -2.27. The number of rotatable bonds is 6. The highest BCUT2D eigenvalue weighted by atomic mass is 35.5. The minimum absolute atomic E-state index is 0.0780. The van der Waals surface area contributed by atoms with Crippen LogP contribution in [-0.2, 0) is 4.79 Å². The van der Waals surface area contributed by atoms with E-state index in [9.17, 15) is 4.79 Å². The highest BCUT2D eigenvalue weighted by Crippen LogP contribution is 2.24. The summed E-state index contributed by atoms with van der Waals surface area (Å²) in [7, 11) is 0. The molecule has 3 rings (SSSR count). The summed E-state index contributed by atoms with van der Waals surface area (Å²) in [5, 5.41) is 6.65. The van der Waals surface area contributed by atoms with Gasteiger partial charge in [-0.15, -0.1) is 0 Å². The fraction of sp³-hybridized carbons (Fsp3) is 0.250. The van der Waals surface area contributed by atoms with Crippen LogP contribution in [0.15, 0.2) is 42.6 Å². The van der Waals surface area contributed by atoms with Crippen LogP contribution in [0, 0.1) is 0 Å². The number of hydrogen-bond donors (Lipinski definition) is 2. The number of pyridine rings is 1. The zero-order valence-corrected chi connectivity index (χ0v) is 12.6. The van der Waals surface area contributed by atoms with Crippen LogP contribution in [0.3, 0.4) is 0 Å². The van der Waals surface area contributed by atoms with Gasteiger partial charge >= 0.3 is 0 Å². The van der Waals surface area contributed by atoms with Gasteiger partial charge in [-0.05, 0) is 49.2 Å². The minimum atomic E-state index is -0.259. The van der Waals surface area contributed by atoms with Crippen molar-refractivity contribution in [1.82, 2.24) is 4.98 Å². The number of carbonyl (C=O) groups excluding carboxylic acids is 1. The van der Waals surface area contributed by atoms with Gasteiger partial charge in [-0.25, -0.2) is 4.98 Å². The predicted octanol–water partition coefficient (Wildman–Crippen LogP) is 3.33. The molecule has 1 aromatic heterocycles. The monoisotopic (exact) mass is 317 g/mol. The zero-order chi connectivity index (χ0) is 15.4. The quantitative estimate of drug-likeness (QED) is 0.858. The van der Waals surface area contributed by atoms with Crippen molar-refractivity contribution in [3.63, 3.8) is 0 Å². The second-order valence-electron chi connectivity index (χ2n) is 5.14. The van der Waals surface area contributed by atoms with Gasteiger partial charge in [-0.1, -0.05) is 11.6 Å². The Kier molecular flexibility index (Phi) is 4.44. The number of halogens is 1. The van der Waals surface area contributed by atoms with Crippen LogP contribution in [0.4, 0.5) is 11.5 Å². The van der Waals surface area contributed by atoms with Crippen molar-refractivity contribution in [2.45, 2.75) is 18.9 Å². The molecule has 1 fully saturated rings. The Morgan fingerprint density at radius 1 is 1.23 bits per heavy atom. The number of anilines is 2. The first-order chi connectivity index (χ1) is 10.7. The second kappa shape index (κ2) is 6.66. The largest absolute Gasteiger partial charge is 0.484 e. The van der Waals surface area contributed by atoms with Crippen LogP contribution in [0.2, 0.25) is 5.02 Å². The molecule has 0 spiro atoms. The van der Waals surface area contributed by atoms with E-state index in [1.807, 2.05) is 6.07 Å². The summed E-state index contributed by atoms with van der Waals surface area (Å²) >= 11 is 5.78. The molecule has 1 aliphatic carbocycles. The van der Waals surface area contributed by atoms with Gasteiger partial charge in [0.05, 0.1) is 11.9 Å². The number of benzene rings is 1. The molecule has 114 valence electrons. The number of carbonyl (C=O) groups is 1. The molecular formula is C16H16ClN3O2. The fourth-order valence-corrected chi connectivity index (χ4v) is 2.00. The number of aromatic nitrogens is 1. The smallest absolute Gasteiger partial charge is 0.263 e. The molecular weight excluding hydrogens is 302 g/mol. The maximum Gasteiger partial charge on any atom is 0.263 e. The van der Waals surface area contributed by atoms with Gasteiger partial charge in [0, 0.05) is 11.1 Å². The van der Waals surface area contributed by atoms with Crippen molar-refractivity contribution in [2.75, 3.05) is 17.2 Å². The summed E-state index contributed by atoms with van der Waals surface area (Å²) in [6, 6.07) is 11.1. The molecule has 1 heterocycles. The van der Waals surface area contributed by atoms with Crippen LogP contribution < -0.4 is 15.4 Å². The Balaban J connectivity index is 1.47. The molecule has 2 N–H and O–H groups in total. The molecule has 0 saturated heterocycles. The second-order valence-corrected chi connectivity index (χ2v) is 5.58. The van der Waals surface area contributed by atoms with E-state index in [-0.39, 0.29) is 12.5 Å². The summed E-state index contributed by atoms with van der Waals surface area (Å²) in [6.45, 7) is -0.0780. The molecule has 0 aliphatic heterocycles. The van der Waals surface area contributed by atoms with Gasteiger partial charge < -0.3 is 15.4 Å². The van der Waals surface area contributed by atoms with Crippen LogP contribution in [-0.4, -0.2) is 23.5 Å². The molecule has 2 aromatic rings. The molecule has 0 atom stereocenters. The van der Waals surface area contributed by atoms with Crippen molar-refractivity contribution in [3.8, 4) is 5.75 Å². The van der Waals surface area contributed by atoms with E-state index in [1.54, 1.807) is 36.5 Å². The summed E-state index contributed by atoms with van der Waals surface area (Å²) in [5.74, 6) is 0.841. The Bertz CT molecular complexity index is 639. The molecule has 5 nitrogen and oxygen atoms in total. The van der Waals surface area contributed by atoms with Crippen molar-refractivity contribution in [1.29, 1.82) is 0 Å². The third-order valence-corrected chi connectivity index (χ3v) is 3.41. The molecule has 0 radical (unpaired) electrons. The summed E-state index contributed by atoms with van der Waals surface area (Å²) < 4.78 is 5.37. The lowest BCUT2D eigenvalue weighted by molar-refractivity contribution is -0.118. The lowest BCUT2D eigenvalue weighted by Crippen LogP contribution is -2.20. The third-order valence-electron chi connectivity index (χ3n) is 3.16. The van der Waals surface area contributed by atoms with E-state index >= 15 is 0 Å². The van der Waals surface area contributed by atoms with Gasteiger partial charge in [-0.2, -0.15) is 0 Å². The first kappa shape index (κ1) is 14.7. The zero-order valence-electron chi connectivity index (χ0n) is 11.9. The molecule has 1 saturated carbocycles. The Labute approximate surface area is 133 Å². The number of nitrogens with zero attached hydrogens (tertiary/aromatic N) is 1. The van der Waals surface area contributed by atoms with E-state index in [0.29, 0.717) is 22.6 Å². The predicted molar refractivity (Wildman–Crippen MR) is 86.5 cm³/mol. The summed E-state index contributed by atoms with van der Waals surface area (Å²) in [4.78, 5) is 16.0. The highest BCUT2D eigenvalue weighted by Gasteiger charge is 2.20. The maximum atomic E-state index is 11.8. The van der Waals surface area contributed by atoms with Crippen molar-refractivity contribution in [2.24, 2.45) is 0 Å². The molecule has 1 aliphatic rings. The first-order valence-corrected chi connectivity index (χ1v) is 7.48. The molecule has 22 heavy (non-hydrogen) atoms. The number of nitrogens with one attached hydrogen (secondary N) is 2.